The fraction of sp³-hybridized carbons (Fsp3) is 0.769. The average Bonchev–Trinajstić information content (AvgIpc) is 2.65. The normalized spacial score (nSPS) is 18.8. The number of hydrogen-bond donors (Lipinski definition) is 1. The number of aryl methyl sites for hydroxylation is 1. The van der Waals surface area contributed by atoms with Crippen molar-refractivity contribution in [1.82, 2.24) is 20.1 Å². The number of nitrogens with zero attached hydrogens (tertiary/aromatic N) is 3. The molecular weight excluding hydrogens is 260 g/mol. The van der Waals surface area contributed by atoms with E-state index >= 15 is 0 Å². The van der Waals surface area contributed by atoms with Crippen molar-refractivity contribution in [2.75, 3.05) is 0 Å². The van der Waals surface area contributed by atoms with Gasteiger partial charge in [0.15, 0.2) is 5.16 Å². The van der Waals surface area contributed by atoms with Gasteiger partial charge in [0.25, 0.3) is 0 Å². The number of carbonyl (C=O) groups is 1. The van der Waals surface area contributed by atoms with Gasteiger partial charge in [-0.2, -0.15) is 0 Å². The summed E-state index contributed by atoms with van der Waals surface area (Å²) in [5.41, 5.74) is 0. The van der Waals surface area contributed by atoms with Gasteiger partial charge in [-0.05, 0) is 19.8 Å². The first-order chi connectivity index (χ1) is 9.16. The molecule has 0 spiro atoms. The lowest BCUT2D eigenvalue weighted by Gasteiger charge is -2.18. The Morgan fingerprint density at radius 3 is 2.68 bits per heavy atom. The Hall–Kier alpha value is -1.04. The van der Waals surface area contributed by atoms with Crippen molar-refractivity contribution in [3.8, 4) is 0 Å². The summed E-state index contributed by atoms with van der Waals surface area (Å²) in [6.07, 6.45) is 8.95. The maximum absolute atomic E-state index is 12.2. The Morgan fingerprint density at radius 1 is 1.42 bits per heavy atom. The summed E-state index contributed by atoms with van der Waals surface area (Å²) in [7, 11) is 1.89. The van der Waals surface area contributed by atoms with Gasteiger partial charge in [-0.1, -0.05) is 37.4 Å². The monoisotopic (exact) mass is 282 g/mol. The third-order valence-electron chi connectivity index (χ3n) is 3.52. The van der Waals surface area contributed by atoms with Crippen molar-refractivity contribution in [3.05, 3.63) is 6.33 Å². The summed E-state index contributed by atoms with van der Waals surface area (Å²) in [5, 5.41) is 11.6. The van der Waals surface area contributed by atoms with Gasteiger partial charge < -0.3 is 9.88 Å². The Morgan fingerprint density at radius 2 is 2.11 bits per heavy atom. The molecule has 0 aliphatic heterocycles. The molecule has 1 heterocycles. The second kappa shape index (κ2) is 6.93. The second-order valence-electron chi connectivity index (χ2n) is 5.18. The van der Waals surface area contributed by atoms with E-state index in [9.17, 15) is 4.79 Å². The Bertz CT molecular complexity index is 413. The van der Waals surface area contributed by atoms with E-state index in [1.54, 1.807) is 6.33 Å². The highest BCUT2D eigenvalue weighted by Crippen LogP contribution is 2.21. The van der Waals surface area contributed by atoms with Crippen LogP contribution in [-0.4, -0.2) is 32.0 Å². The standard InChI is InChI=1S/C13H22N4OS/c1-10(19-13-16-14-9-17(13)2)12(18)15-11-7-5-3-4-6-8-11/h9-11H,3-8H2,1-2H3,(H,15,18). The zero-order chi connectivity index (χ0) is 13.7. The van der Waals surface area contributed by atoms with E-state index in [0.29, 0.717) is 6.04 Å². The van der Waals surface area contributed by atoms with Gasteiger partial charge in [0.1, 0.15) is 6.33 Å². The van der Waals surface area contributed by atoms with Gasteiger partial charge in [-0.3, -0.25) is 4.79 Å². The minimum absolute atomic E-state index is 0.111. The molecule has 106 valence electrons. The highest BCUT2D eigenvalue weighted by Gasteiger charge is 2.21. The van der Waals surface area contributed by atoms with Crippen molar-refractivity contribution >= 4 is 17.7 Å². The molecule has 0 aromatic carbocycles. The zero-order valence-corrected chi connectivity index (χ0v) is 12.4. The summed E-state index contributed by atoms with van der Waals surface area (Å²) in [5.74, 6) is 0.111. The maximum Gasteiger partial charge on any atom is 0.233 e. The van der Waals surface area contributed by atoms with Crippen LogP contribution in [0.4, 0.5) is 0 Å². The molecule has 1 N–H and O–H groups in total. The van der Waals surface area contributed by atoms with Gasteiger partial charge in [0, 0.05) is 13.1 Å². The van der Waals surface area contributed by atoms with Crippen LogP contribution >= 0.6 is 11.8 Å². The molecule has 1 aromatic rings. The minimum Gasteiger partial charge on any atom is -0.352 e. The van der Waals surface area contributed by atoms with Crippen molar-refractivity contribution in [2.45, 2.75) is 61.9 Å². The first-order valence-electron chi connectivity index (χ1n) is 6.98. The molecule has 0 saturated heterocycles. The van der Waals surface area contributed by atoms with Crippen LogP contribution in [0.2, 0.25) is 0 Å². The summed E-state index contributed by atoms with van der Waals surface area (Å²) in [6, 6.07) is 0.359. The van der Waals surface area contributed by atoms with Gasteiger partial charge in [-0.15, -0.1) is 10.2 Å². The van der Waals surface area contributed by atoms with Crippen LogP contribution in [0.15, 0.2) is 11.5 Å². The van der Waals surface area contributed by atoms with Crippen LogP contribution < -0.4 is 5.32 Å². The second-order valence-corrected chi connectivity index (χ2v) is 6.49. The Balaban J connectivity index is 1.83. The molecule has 1 unspecified atom stereocenters. The molecule has 6 heteroatoms. The number of hydrogen-bond acceptors (Lipinski definition) is 4. The van der Waals surface area contributed by atoms with Crippen LogP contribution in [0.3, 0.4) is 0 Å². The van der Waals surface area contributed by atoms with Gasteiger partial charge >= 0.3 is 0 Å². The topological polar surface area (TPSA) is 59.8 Å². The largest absolute Gasteiger partial charge is 0.352 e. The predicted molar refractivity (Wildman–Crippen MR) is 76.0 cm³/mol. The van der Waals surface area contributed by atoms with Crippen molar-refractivity contribution in [1.29, 1.82) is 0 Å². The van der Waals surface area contributed by atoms with E-state index < -0.39 is 0 Å². The van der Waals surface area contributed by atoms with Crippen LogP contribution in [0.5, 0.6) is 0 Å². The first kappa shape index (κ1) is 14.4. The van der Waals surface area contributed by atoms with Crippen molar-refractivity contribution in [2.24, 2.45) is 7.05 Å². The fourth-order valence-electron chi connectivity index (χ4n) is 2.33. The molecule has 0 radical (unpaired) electrons. The summed E-state index contributed by atoms with van der Waals surface area (Å²) < 4.78 is 1.83. The predicted octanol–water partition coefficient (Wildman–Crippen LogP) is 2.13. The van der Waals surface area contributed by atoms with Gasteiger partial charge in [0.05, 0.1) is 5.25 Å². The van der Waals surface area contributed by atoms with E-state index in [1.807, 2.05) is 18.5 Å². The van der Waals surface area contributed by atoms with Crippen LogP contribution in [-0.2, 0) is 11.8 Å². The third kappa shape index (κ3) is 4.23. The lowest BCUT2D eigenvalue weighted by atomic mass is 10.1. The SMILES string of the molecule is CC(Sc1nncn1C)C(=O)NC1CCCCCC1. The van der Waals surface area contributed by atoms with Crippen LogP contribution in [0.1, 0.15) is 45.4 Å². The number of rotatable bonds is 4. The number of carbonyl (C=O) groups excluding carboxylic acids is 1. The molecule has 1 aliphatic rings. The van der Waals surface area contributed by atoms with E-state index in [4.69, 9.17) is 0 Å². The third-order valence-corrected chi connectivity index (χ3v) is 4.67. The molecule has 1 amide bonds. The number of amides is 1. The maximum atomic E-state index is 12.2. The fourth-order valence-corrected chi connectivity index (χ4v) is 3.13. The molecule has 1 aromatic heterocycles. The quantitative estimate of drug-likeness (QED) is 0.679. The molecule has 1 atom stereocenters. The Labute approximate surface area is 118 Å². The van der Waals surface area contributed by atoms with Crippen molar-refractivity contribution < 1.29 is 4.79 Å². The molecule has 19 heavy (non-hydrogen) atoms. The van der Waals surface area contributed by atoms with E-state index in [0.717, 1.165) is 18.0 Å². The average molecular weight is 282 g/mol. The molecule has 1 fully saturated rings. The zero-order valence-electron chi connectivity index (χ0n) is 11.6. The summed E-state index contributed by atoms with van der Waals surface area (Å²) in [4.78, 5) is 12.2. The highest BCUT2D eigenvalue weighted by molar-refractivity contribution is 8.00. The molecular formula is C13H22N4OS. The minimum atomic E-state index is -0.133. The first-order valence-corrected chi connectivity index (χ1v) is 7.86. The van der Waals surface area contributed by atoms with Crippen LogP contribution in [0, 0.1) is 0 Å². The van der Waals surface area contributed by atoms with Gasteiger partial charge in [-0.25, -0.2) is 0 Å². The van der Waals surface area contributed by atoms with E-state index in [-0.39, 0.29) is 11.2 Å². The number of nitrogens with one attached hydrogen (secondary N) is 1. The van der Waals surface area contributed by atoms with Crippen LogP contribution in [0.25, 0.3) is 0 Å². The summed E-state index contributed by atoms with van der Waals surface area (Å²) in [6.45, 7) is 1.92. The van der Waals surface area contributed by atoms with E-state index in [1.165, 1.54) is 37.4 Å². The summed E-state index contributed by atoms with van der Waals surface area (Å²) >= 11 is 1.46. The molecule has 1 aliphatic carbocycles. The molecule has 1 saturated carbocycles. The molecule has 5 nitrogen and oxygen atoms in total. The smallest absolute Gasteiger partial charge is 0.233 e. The molecule has 0 bridgehead atoms. The molecule has 2 rings (SSSR count). The van der Waals surface area contributed by atoms with E-state index in [2.05, 4.69) is 15.5 Å². The van der Waals surface area contributed by atoms with Crippen molar-refractivity contribution in [3.63, 3.8) is 0 Å². The Kier molecular flexibility index (Phi) is 5.24. The number of thioether (sulfide) groups is 1. The lowest BCUT2D eigenvalue weighted by molar-refractivity contribution is -0.121. The lowest BCUT2D eigenvalue weighted by Crippen LogP contribution is -2.39. The van der Waals surface area contributed by atoms with Gasteiger partial charge in [0.2, 0.25) is 5.91 Å². The highest BCUT2D eigenvalue weighted by atomic mass is 32.2. The number of aromatic nitrogens is 3.